The van der Waals surface area contributed by atoms with E-state index < -0.39 is 10.8 Å². The summed E-state index contributed by atoms with van der Waals surface area (Å²) in [7, 11) is -1.09. The second-order valence-corrected chi connectivity index (χ2v) is 9.37. The lowest BCUT2D eigenvalue weighted by atomic mass is 9.97. The maximum Gasteiger partial charge on any atom is 0.150 e. The van der Waals surface area contributed by atoms with Gasteiger partial charge in [0, 0.05) is 21.2 Å². The maximum atomic E-state index is 12.6. The van der Waals surface area contributed by atoms with E-state index in [1.165, 1.54) is 16.7 Å². The van der Waals surface area contributed by atoms with Crippen molar-refractivity contribution in [1.82, 2.24) is 0 Å². The minimum Gasteiger partial charge on any atom is -0.298 e. The monoisotopic (exact) mass is 436 g/mol. The first-order valence-electron chi connectivity index (χ1n) is 9.93. The van der Waals surface area contributed by atoms with Crippen molar-refractivity contribution in [2.24, 2.45) is 0 Å². The molecule has 154 valence electrons. The number of aryl methyl sites for hydroxylation is 2. The predicted octanol–water partition coefficient (Wildman–Crippen LogP) is 6.90. The molecular weight excluding hydrogens is 412 g/mol. The Bertz CT molecular complexity index is 1080. The predicted molar refractivity (Wildman–Crippen MR) is 128 cm³/mol. The molecule has 0 spiro atoms. The molecule has 0 aliphatic heterocycles. The van der Waals surface area contributed by atoms with Crippen LogP contribution in [0.1, 0.15) is 45.5 Å². The van der Waals surface area contributed by atoms with Gasteiger partial charge in [0.1, 0.15) is 6.29 Å². The third-order valence-corrected chi connectivity index (χ3v) is 6.81. The maximum absolute atomic E-state index is 12.6. The molecule has 0 saturated heterocycles. The van der Waals surface area contributed by atoms with Crippen LogP contribution in [0.5, 0.6) is 0 Å². The molecule has 3 aromatic carbocycles. The number of hydrogen-bond donors (Lipinski definition) is 0. The van der Waals surface area contributed by atoms with Crippen LogP contribution < -0.4 is 0 Å². The SMILES string of the molecule is Cc1ccc(C=C(CCCS(=O)c2ccc(C=O)cc2)c2cccc(Cl)c2)cc1C. The van der Waals surface area contributed by atoms with Gasteiger partial charge in [-0.25, -0.2) is 0 Å². The van der Waals surface area contributed by atoms with E-state index in [4.69, 9.17) is 11.6 Å². The third-order valence-electron chi connectivity index (χ3n) is 5.12. The summed E-state index contributed by atoms with van der Waals surface area (Å²) in [4.78, 5) is 11.5. The van der Waals surface area contributed by atoms with Crippen molar-refractivity contribution < 1.29 is 9.00 Å². The van der Waals surface area contributed by atoms with Crippen molar-refractivity contribution in [3.8, 4) is 0 Å². The molecule has 0 saturated carbocycles. The average molecular weight is 437 g/mol. The van der Waals surface area contributed by atoms with Crippen LogP contribution in [-0.4, -0.2) is 16.2 Å². The fourth-order valence-electron chi connectivity index (χ4n) is 3.25. The van der Waals surface area contributed by atoms with Crippen molar-refractivity contribution >= 4 is 40.3 Å². The molecule has 0 bridgehead atoms. The Balaban J connectivity index is 1.76. The molecule has 0 N–H and O–H groups in total. The van der Waals surface area contributed by atoms with E-state index in [2.05, 4.69) is 44.2 Å². The number of carbonyl (C=O) groups is 1. The van der Waals surface area contributed by atoms with E-state index in [1.807, 2.05) is 18.2 Å². The summed E-state index contributed by atoms with van der Waals surface area (Å²) in [5, 5.41) is 0.706. The number of carbonyl (C=O) groups excluding carboxylic acids is 1. The molecule has 0 radical (unpaired) electrons. The Morgan fingerprint density at radius 1 is 0.933 bits per heavy atom. The Kier molecular flexibility index (Phi) is 7.78. The second-order valence-electron chi connectivity index (χ2n) is 7.36. The minimum atomic E-state index is -1.09. The summed E-state index contributed by atoms with van der Waals surface area (Å²) in [5.41, 5.74) is 6.53. The topological polar surface area (TPSA) is 34.1 Å². The fourth-order valence-corrected chi connectivity index (χ4v) is 4.53. The van der Waals surface area contributed by atoms with Gasteiger partial charge >= 0.3 is 0 Å². The highest BCUT2D eigenvalue weighted by Crippen LogP contribution is 2.26. The van der Waals surface area contributed by atoms with E-state index in [0.29, 0.717) is 16.3 Å². The normalized spacial score (nSPS) is 12.6. The first-order chi connectivity index (χ1) is 14.5. The molecule has 1 atom stereocenters. The van der Waals surface area contributed by atoms with Crippen LogP contribution in [0.2, 0.25) is 5.02 Å². The quantitative estimate of drug-likeness (QED) is 0.284. The Morgan fingerprint density at radius 3 is 2.33 bits per heavy atom. The summed E-state index contributed by atoms with van der Waals surface area (Å²) in [6.45, 7) is 4.22. The zero-order valence-electron chi connectivity index (χ0n) is 17.2. The first kappa shape index (κ1) is 22.2. The summed E-state index contributed by atoms with van der Waals surface area (Å²) in [6, 6.07) is 21.3. The molecule has 0 heterocycles. The standard InChI is InChI=1S/C26H25ClO2S/c1-19-8-9-22(15-20(19)2)16-23(24-5-3-7-25(27)17-24)6-4-14-30(29)26-12-10-21(18-28)11-13-26/h3,5,7-13,15-18H,4,6,14H2,1-2H3. The lowest BCUT2D eigenvalue weighted by Gasteiger charge is -2.10. The number of aldehydes is 1. The smallest absolute Gasteiger partial charge is 0.150 e. The van der Waals surface area contributed by atoms with E-state index in [9.17, 15) is 9.00 Å². The van der Waals surface area contributed by atoms with Crippen molar-refractivity contribution in [1.29, 1.82) is 0 Å². The molecule has 30 heavy (non-hydrogen) atoms. The Morgan fingerprint density at radius 2 is 1.67 bits per heavy atom. The highest BCUT2D eigenvalue weighted by molar-refractivity contribution is 7.85. The number of hydrogen-bond acceptors (Lipinski definition) is 2. The molecule has 0 aliphatic carbocycles. The lowest BCUT2D eigenvalue weighted by molar-refractivity contribution is 0.112. The van der Waals surface area contributed by atoms with Crippen LogP contribution in [0.4, 0.5) is 0 Å². The van der Waals surface area contributed by atoms with E-state index in [0.717, 1.165) is 35.2 Å². The lowest BCUT2D eigenvalue weighted by Crippen LogP contribution is -1.99. The zero-order valence-corrected chi connectivity index (χ0v) is 18.8. The molecular formula is C26H25ClO2S. The number of rotatable bonds is 8. The average Bonchev–Trinajstić information content (AvgIpc) is 2.75. The van der Waals surface area contributed by atoms with E-state index in [1.54, 1.807) is 24.3 Å². The zero-order chi connectivity index (χ0) is 21.5. The molecule has 0 amide bonds. The van der Waals surface area contributed by atoms with Crippen LogP contribution in [-0.2, 0) is 10.8 Å². The summed E-state index contributed by atoms with van der Waals surface area (Å²) >= 11 is 6.23. The molecule has 0 aromatic heterocycles. The van der Waals surface area contributed by atoms with Gasteiger partial charge in [-0.2, -0.15) is 0 Å². The van der Waals surface area contributed by atoms with Crippen LogP contribution in [0.15, 0.2) is 71.6 Å². The Labute approximate surface area is 186 Å². The Hall–Kier alpha value is -2.49. The second kappa shape index (κ2) is 10.5. The van der Waals surface area contributed by atoms with Gasteiger partial charge in [0.25, 0.3) is 0 Å². The molecule has 2 nitrogen and oxygen atoms in total. The van der Waals surface area contributed by atoms with Gasteiger partial charge in [0.2, 0.25) is 0 Å². The molecule has 3 aromatic rings. The third kappa shape index (κ3) is 6.01. The van der Waals surface area contributed by atoms with Crippen molar-refractivity contribution in [2.75, 3.05) is 5.75 Å². The van der Waals surface area contributed by atoms with Crippen LogP contribution >= 0.6 is 11.6 Å². The van der Waals surface area contributed by atoms with Crippen molar-refractivity contribution in [3.05, 3.63) is 99.6 Å². The number of benzene rings is 3. The highest BCUT2D eigenvalue weighted by atomic mass is 35.5. The number of allylic oxidation sites excluding steroid dienone is 1. The van der Waals surface area contributed by atoms with E-state index >= 15 is 0 Å². The molecule has 1 unspecified atom stereocenters. The summed E-state index contributed by atoms with van der Waals surface area (Å²) in [5.74, 6) is 0.561. The molecule has 0 aliphatic rings. The van der Waals surface area contributed by atoms with Gasteiger partial charge in [-0.3, -0.25) is 9.00 Å². The molecule has 0 fully saturated rings. The minimum absolute atomic E-state index is 0.561. The van der Waals surface area contributed by atoms with E-state index in [-0.39, 0.29) is 0 Å². The first-order valence-corrected chi connectivity index (χ1v) is 11.6. The van der Waals surface area contributed by atoms with Gasteiger partial charge in [0.15, 0.2) is 0 Å². The fraction of sp³-hybridized carbons (Fsp3) is 0.192. The van der Waals surface area contributed by atoms with Gasteiger partial charge in [0.05, 0.1) is 10.8 Å². The van der Waals surface area contributed by atoms with Crippen LogP contribution in [0, 0.1) is 13.8 Å². The van der Waals surface area contributed by atoms with Crippen molar-refractivity contribution in [3.63, 3.8) is 0 Å². The van der Waals surface area contributed by atoms with Crippen LogP contribution in [0.3, 0.4) is 0 Å². The van der Waals surface area contributed by atoms with Gasteiger partial charge in [-0.15, -0.1) is 0 Å². The van der Waals surface area contributed by atoms with Gasteiger partial charge in [-0.1, -0.05) is 60.1 Å². The largest absolute Gasteiger partial charge is 0.298 e. The highest BCUT2D eigenvalue weighted by Gasteiger charge is 2.08. The summed E-state index contributed by atoms with van der Waals surface area (Å²) in [6.07, 6.45) is 4.57. The molecule has 4 heteroatoms. The number of halogens is 1. The molecule has 3 rings (SSSR count). The summed E-state index contributed by atoms with van der Waals surface area (Å²) < 4.78 is 12.6. The van der Waals surface area contributed by atoms with Gasteiger partial charge < -0.3 is 0 Å². The van der Waals surface area contributed by atoms with Crippen LogP contribution in [0.25, 0.3) is 11.6 Å². The van der Waals surface area contributed by atoms with Crippen molar-refractivity contribution in [2.45, 2.75) is 31.6 Å². The van der Waals surface area contributed by atoms with Gasteiger partial charge in [-0.05, 0) is 78.8 Å².